The maximum atomic E-state index is 5.75. The molecule has 13 heavy (non-hydrogen) atoms. The maximum absolute atomic E-state index is 5.75. The molecule has 66 valence electrons. The minimum atomic E-state index is 0.635. The third kappa shape index (κ3) is 1.76. The van der Waals surface area contributed by atoms with Crippen molar-refractivity contribution in [1.82, 2.24) is 0 Å². The molecule has 0 fully saturated rings. The van der Waals surface area contributed by atoms with Gasteiger partial charge in [-0.1, -0.05) is 41.4 Å². The van der Waals surface area contributed by atoms with Crippen LogP contribution in [0.3, 0.4) is 0 Å². The van der Waals surface area contributed by atoms with Crippen LogP contribution in [0, 0.1) is 6.92 Å². The van der Waals surface area contributed by atoms with Gasteiger partial charge in [-0.2, -0.15) is 0 Å². The number of rotatable bonds is 1. The predicted octanol–water partition coefficient (Wildman–Crippen LogP) is 3.91. The summed E-state index contributed by atoms with van der Waals surface area (Å²) in [5, 5.41) is 0.635. The Bertz CT molecular complexity index is 400. The highest BCUT2D eigenvalue weighted by Crippen LogP contribution is 2.24. The molecule has 0 spiro atoms. The van der Waals surface area contributed by atoms with Crippen molar-refractivity contribution >= 4 is 11.6 Å². The van der Waals surface area contributed by atoms with Gasteiger partial charge in [-0.05, 0) is 6.92 Å². The molecule has 0 aliphatic rings. The predicted molar refractivity (Wildman–Crippen MR) is 53.9 cm³/mol. The van der Waals surface area contributed by atoms with Crippen molar-refractivity contribution in [3.63, 3.8) is 0 Å². The minimum Gasteiger partial charge on any atom is -0.463 e. The van der Waals surface area contributed by atoms with Gasteiger partial charge in [-0.25, -0.2) is 0 Å². The van der Waals surface area contributed by atoms with E-state index in [1.807, 2.05) is 30.3 Å². The lowest BCUT2D eigenvalue weighted by atomic mass is 10.1. The Morgan fingerprint density at radius 1 is 1.15 bits per heavy atom. The van der Waals surface area contributed by atoms with Gasteiger partial charge in [0, 0.05) is 11.6 Å². The van der Waals surface area contributed by atoms with Gasteiger partial charge in [0.25, 0.3) is 0 Å². The maximum Gasteiger partial charge on any atom is 0.135 e. The molecule has 1 aromatic heterocycles. The Morgan fingerprint density at radius 3 is 2.38 bits per heavy atom. The summed E-state index contributed by atoms with van der Waals surface area (Å²) in [6.07, 6.45) is 1.54. The first-order valence-corrected chi connectivity index (χ1v) is 4.44. The standard InChI is InChI=1S/C11H9ClO/c1-8-2-4-9(5-3-8)11-6-10(12)7-13-11/h2-7H,1H3. The van der Waals surface area contributed by atoms with Crippen LogP contribution < -0.4 is 0 Å². The summed E-state index contributed by atoms with van der Waals surface area (Å²) in [6, 6.07) is 9.94. The SMILES string of the molecule is Cc1ccc(-c2cc(Cl)co2)cc1. The Hall–Kier alpha value is -1.21. The first-order chi connectivity index (χ1) is 6.25. The first-order valence-electron chi connectivity index (χ1n) is 4.07. The zero-order chi connectivity index (χ0) is 9.26. The van der Waals surface area contributed by atoms with Gasteiger partial charge in [0.2, 0.25) is 0 Å². The lowest BCUT2D eigenvalue weighted by molar-refractivity contribution is 0.582. The highest BCUT2D eigenvalue weighted by Gasteiger charge is 2.01. The zero-order valence-corrected chi connectivity index (χ0v) is 8.01. The summed E-state index contributed by atoms with van der Waals surface area (Å²) in [5.74, 6) is 0.810. The molecule has 0 bridgehead atoms. The van der Waals surface area contributed by atoms with Crippen molar-refractivity contribution in [3.8, 4) is 11.3 Å². The zero-order valence-electron chi connectivity index (χ0n) is 7.25. The molecular formula is C11H9ClO. The molecule has 0 N–H and O–H groups in total. The Kier molecular flexibility index (Phi) is 2.11. The topological polar surface area (TPSA) is 13.1 Å². The summed E-state index contributed by atoms with van der Waals surface area (Å²) in [7, 11) is 0. The van der Waals surface area contributed by atoms with E-state index >= 15 is 0 Å². The van der Waals surface area contributed by atoms with Crippen LogP contribution in [0.15, 0.2) is 41.0 Å². The van der Waals surface area contributed by atoms with E-state index in [4.69, 9.17) is 16.0 Å². The molecule has 0 radical (unpaired) electrons. The van der Waals surface area contributed by atoms with Gasteiger partial charge in [0.1, 0.15) is 12.0 Å². The van der Waals surface area contributed by atoms with Crippen LogP contribution in [0.2, 0.25) is 5.02 Å². The highest BCUT2D eigenvalue weighted by molar-refractivity contribution is 6.30. The molecule has 2 rings (SSSR count). The second-order valence-electron chi connectivity index (χ2n) is 3.00. The molecular weight excluding hydrogens is 184 g/mol. The van der Waals surface area contributed by atoms with Crippen molar-refractivity contribution in [1.29, 1.82) is 0 Å². The fourth-order valence-electron chi connectivity index (χ4n) is 1.18. The fraction of sp³-hybridized carbons (Fsp3) is 0.0909. The average Bonchev–Trinajstić information content (AvgIpc) is 2.53. The van der Waals surface area contributed by atoms with E-state index in [0.717, 1.165) is 11.3 Å². The molecule has 1 aromatic carbocycles. The summed E-state index contributed by atoms with van der Waals surface area (Å²) < 4.78 is 5.26. The molecule has 0 atom stereocenters. The Labute approximate surface area is 82.0 Å². The third-order valence-electron chi connectivity index (χ3n) is 1.90. The average molecular weight is 193 g/mol. The largest absolute Gasteiger partial charge is 0.463 e. The Balaban J connectivity index is 2.41. The summed E-state index contributed by atoms with van der Waals surface area (Å²) >= 11 is 5.75. The van der Waals surface area contributed by atoms with Crippen molar-refractivity contribution < 1.29 is 4.42 Å². The normalized spacial score (nSPS) is 10.3. The van der Waals surface area contributed by atoms with Gasteiger partial charge < -0.3 is 4.42 Å². The van der Waals surface area contributed by atoms with Gasteiger partial charge in [0.15, 0.2) is 0 Å². The second-order valence-corrected chi connectivity index (χ2v) is 3.43. The third-order valence-corrected chi connectivity index (χ3v) is 2.10. The van der Waals surface area contributed by atoms with Crippen molar-refractivity contribution in [2.75, 3.05) is 0 Å². The minimum absolute atomic E-state index is 0.635. The van der Waals surface area contributed by atoms with Crippen LogP contribution >= 0.6 is 11.6 Å². The van der Waals surface area contributed by atoms with Crippen molar-refractivity contribution in [3.05, 3.63) is 47.2 Å². The second kappa shape index (κ2) is 3.27. The highest BCUT2D eigenvalue weighted by atomic mass is 35.5. The lowest BCUT2D eigenvalue weighted by Gasteiger charge is -1.96. The van der Waals surface area contributed by atoms with Crippen molar-refractivity contribution in [2.45, 2.75) is 6.92 Å². The molecule has 0 unspecified atom stereocenters. The van der Waals surface area contributed by atoms with Crippen LogP contribution in [0.4, 0.5) is 0 Å². The number of hydrogen-bond donors (Lipinski definition) is 0. The van der Waals surface area contributed by atoms with E-state index in [-0.39, 0.29) is 0 Å². The van der Waals surface area contributed by atoms with Crippen LogP contribution in [-0.2, 0) is 0 Å². The van der Waals surface area contributed by atoms with E-state index in [2.05, 4.69) is 6.92 Å². The molecule has 1 nitrogen and oxygen atoms in total. The smallest absolute Gasteiger partial charge is 0.135 e. The van der Waals surface area contributed by atoms with Crippen molar-refractivity contribution in [2.24, 2.45) is 0 Å². The molecule has 0 aliphatic heterocycles. The Morgan fingerprint density at radius 2 is 1.85 bits per heavy atom. The summed E-state index contributed by atoms with van der Waals surface area (Å²) in [4.78, 5) is 0. The summed E-state index contributed by atoms with van der Waals surface area (Å²) in [5.41, 5.74) is 2.29. The first kappa shape index (κ1) is 8.39. The quantitative estimate of drug-likeness (QED) is 0.668. The fourth-order valence-corrected chi connectivity index (χ4v) is 1.33. The molecule has 0 aliphatic carbocycles. The monoisotopic (exact) mass is 192 g/mol. The number of halogens is 1. The number of hydrogen-bond acceptors (Lipinski definition) is 1. The number of aryl methyl sites for hydroxylation is 1. The van der Waals surface area contributed by atoms with Crippen LogP contribution in [0.5, 0.6) is 0 Å². The molecule has 1 heterocycles. The van der Waals surface area contributed by atoms with E-state index in [1.165, 1.54) is 11.8 Å². The van der Waals surface area contributed by atoms with Gasteiger partial charge in [-0.3, -0.25) is 0 Å². The van der Waals surface area contributed by atoms with Crippen LogP contribution in [0.1, 0.15) is 5.56 Å². The molecule has 2 aromatic rings. The molecule has 2 heteroatoms. The molecule has 0 saturated heterocycles. The van der Waals surface area contributed by atoms with E-state index < -0.39 is 0 Å². The van der Waals surface area contributed by atoms with E-state index in [1.54, 1.807) is 0 Å². The van der Waals surface area contributed by atoms with Gasteiger partial charge in [-0.15, -0.1) is 0 Å². The van der Waals surface area contributed by atoms with Gasteiger partial charge >= 0.3 is 0 Å². The lowest BCUT2D eigenvalue weighted by Crippen LogP contribution is -1.74. The number of benzene rings is 1. The van der Waals surface area contributed by atoms with Crippen LogP contribution in [0.25, 0.3) is 11.3 Å². The molecule has 0 saturated carbocycles. The number of furan rings is 1. The molecule has 0 amide bonds. The van der Waals surface area contributed by atoms with Gasteiger partial charge in [0.05, 0.1) is 5.02 Å². The van der Waals surface area contributed by atoms with Crippen LogP contribution in [-0.4, -0.2) is 0 Å². The van der Waals surface area contributed by atoms with E-state index in [0.29, 0.717) is 5.02 Å². The van der Waals surface area contributed by atoms with E-state index in [9.17, 15) is 0 Å². The summed E-state index contributed by atoms with van der Waals surface area (Å²) in [6.45, 7) is 2.05.